The van der Waals surface area contributed by atoms with Crippen molar-refractivity contribution < 1.29 is 9.53 Å². The van der Waals surface area contributed by atoms with E-state index in [0.717, 1.165) is 11.1 Å². The molecule has 4 heteroatoms. The zero-order valence-electron chi connectivity index (χ0n) is 16.1. The Bertz CT molecular complexity index is 851. The molecule has 0 radical (unpaired) electrons. The lowest BCUT2D eigenvalue weighted by atomic mass is 10.1. The first-order valence-electron chi connectivity index (χ1n) is 9.26. The van der Waals surface area contributed by atoms with Gasteiger partial charge in [-0.05, 0) is 49.2 Å². The average molecular weight is 394 g/mol. The van der Waals surface area contributed by atoms with Crippen molar-refractivity contribution in [1.29, 1.82) is 0 Å². The summed E-state index contributed by atoms with van der Waals surface area (Å²) in [5, 5.41) is 0.631. The number of carbonyl (C=O) groups is 1. The van der Waals surface area contributed by atoms with Gasteiger partial charge in [-0.1, -0.05) is 72.3 Å². The monoisotopic (exact) mass is 393 g/mol. The molecule has 0 unspecified atom stereocenters. The molecule has 0 aliphatic heterocycles. The van der Waals surface area contributed by atoms with Gasteiger partial charge >= 0.3 is 0 Å². The molecule has 0 aliphatic carbocycles. The van der Waals surface area contributed by atoms with Gasteiger partial charge in [0.05, 0.1) is 0 Å². The Balaban J connectivity index is 1.82. The van der Waals surface area contributed by atoms with Crippen molar-refractivity contribution in [1.82, 2.24) is 4.90 Å². The van der Waals surface area contributed by atoms with Crippen LogP contribution in [0.2, 0.25) is 5.02 Å². The highest BCUT2D eigenvalue weighted by atomic mass is 35.5. The molecule has 28 heavy (non-hydrogen) atoms. The second kappa shape index (κ2) is 8.94. The Kier molecular flexibility index (Phi) is 6.37. The third-order valence-corrected chi connectivity index (χ3v) is 4.67. The van der Waals surface area contributed by atoms with Crippen LogP contribution in [0.4, 0.5) is 0 Å². The van der Waals surface area contributed by atoms with Crippen molar-refractivity contribution in [3.8, 4) is 5.75 Å². The van der Waals surface area contributed by atoms with Gasteiger partial charge in [0.15, 0.2) is 5.60 Å². The molecule has 0 saturated carbocycles. The topological polar surface area (TPSA) is 29.5 Å². The lowest BCUT2D eigenvalue weighted by molar-refractivity contribution is -0.146. The highest BCUT2D eigenvalue weighted by molar-refractivity contribution is 6.30. The van der Waals surface area contributed by atoms with E-state index < -0.39 is 5.60 Å². The number of rotatable bonds is 7. The van der Waals surface area contributed by atoms with Gasteiger partial charge in [-0.2, -0.15) is 0 Å². The molecule has 0 fully saturated rings. The quantitative estimate of drug-likeness (QED) is 0.513. The lowest BCUT2D eigenvalue weighted by Crippen LogP contribution is -2.48. The number of carbonyl (C=O) groups excluding carboxylic acids is 1. The molecular weight excluding hydrogens is 370 g/mol. The summed E-state index contributed by atoms with van der Waals surface area (Å²) in [4.78, 5) is 15.3. The fraction of sp³-hybridized carbons (Fsp3) is 0.208. The molecule has 3 aromatic carbocycles. The van der Waals surface area contributed by atoms with Gasteiger partial charge in [-0.15, -0.1) is 0 Å². The first-order chi connectivity index (χ1) is 13.4. The smallest absolute Gasteiger partial charge is 0.266 e. The van der Waals surface area contributed by atoms with Crippen molar-refractivity contribution in [2.45, 2.75) is 32.5 Å². The molecule has 0 spiro atoms. The van der Waals surface area contributed by atoms with Crippen molar-refractivity contribution >= 4 is 17.5 Å². The van der Waals surface area contributed by atoms with E-state index in [2.05, 4.69) is 0 Å². The standard InChI is InChI=1S/C24H24ClNO2/c1-24(2,28-22-15-13-21(25)14-16-22)23(27)26(17-19-9-5-3-6-10-19)18-20-11-7-4-8-12-20/h3-16H,17-18H2,1-2H3. The number of halogens is 1. The summed E-state index contributed by atoms with van der Waals surface area (Å²) < 4.78 is 6.03. The van der Waals surface area contributed by atoms with Gasteiger partial charge in [0.25, 0.3) is 5.91 Å². The maximum atomic E-state index is 13.4. The first kappa shape index (κ1) is 20.0. The second-order valence-electron chi connectivity index (χ2n) is 7.20. The van der Waals surface area contributed by atoms with Crippen LogP contribution in [-0.4, -0.2) is 16.4 Å². The van der Waals surface area contributed by atoms with Crippen molar-refractivity contribution in [3.05, 3.63) is 101 Å². The summed E-state index contributed by atoms with van der Waals surface area (Å²) in [7, 11) is 0. The van der Waals surface area contributed by atoms with Crippen LogP contribution in [0, 0.1) is 0 Å². The Morgan fingerprint density at radius 3 is 1.75 bits per heavy atom. The Morgan fingerprint density at radius 2 is 1.29 bits per heavy atom. The molecule has 1 amide bonds. The summed E-state index contributed by atoms with van der Waals surface area (Å²) in [5.74, 6) is 0.539. The SMILES string of the molecule is CC(C)(Oc1ccc(Cl)cc1)C(=O)N(Cc1ccccc1)Cc1ccccc1. The third-order valence-electron chi connectivity index (χ3n) is 4.42. The van der Waals surface area contributed by atoms with E-state index in [4.69, 9.17) is 16.3 Å². The molecule has 0 aromatic heterocycles. The predicted octanol–water partition coefficient (Wildman–Crippen LogP) is 5.73. The second-order valence-corrected chi connectivity index (χ2v) is 7.64. The van der Waals surface area contributed by atoms with Gasteiger partial charge in [0.2, 0.25) is 0 Å². The van der Waals surface area contributed by atoms with Gasteiger partial charge < -0.3 is 9.64 Å². The average Bonchev–Trinajstić information content (AvgIpc) is 2.70. The fourth-order valence-electron chi connectivity index (χ4n) is 3.03. The summed E-state index contributed by atoms with van der Waals surface area (Å²) in [6.07, 6.45) is 0. The van der Waals surface area contributed by atoms with Crippen LogP contribution in [0.1, 0.15) is 25.0 Å². The van der Waals surface area contributed by atoms with E-state index in [-0.39, 0.29) is 5.91 Å². The number of amides is 1. The maximum Gasteiger partial charge on any atom is 0.266 e. The Hall–Kier alpha value is -2.78. The van der Waals surface area contributed by atoms with Crippen LogP contribution in [-0.2, 0) is 17.9 Å². The number of nitrogens with zero attached hydrogens (tertiary/aromatic N) is 1. The molecule has 3 nitrogen and oxygen atoms in total. The molecule has 3 aromatic rings. The Labute approximate surface area is 171 Å². The van der Waals surface area contributed by atoms with Gasteiger partial charge in [0.1, 0.15) is 5.75 Å². The van der Waals surface area contributed by atoms with Gasteiger partial charge in [-0.25, -0.2) is 0 Å². The third kappa shape index (κ3) is 5.37. The minimum atomic E-state index is -1.02. The highest BCUT2D eigenvalue weighted by Gasteiger charge is 2.34. The predicted molar refractivity (Wildman–Crippen MR) is 113 cm³/mol. The lowest BCUT2D eigenvalue weighted by Gasteiger charge is -2.32. The molecule has 0 atom stereocenters. The van der Waals surface area contributed by atoms with Gasteiger partial charge in [-0.3, -0.25) is 4.79 Å². The highest BCUT2D eigenvalue weighted by Crippen LogP contribution is 2.24. The van der Waals surface area contributed by atoms with E-state index >= 15 is 0 Å². The largest absolute Gasteiger partial charge is 0.478 e. The number of hydrogen-bond acceptors (Lipinski definition) is 2. The van der Waals surface area contributed by atoms with Crippen LogP contribution in [0.3, 0.4) is 0 Å². The van der Waals surface area contributed by atoms with Crippen LogP contribution < -0.4 is 4.74 Å². The fourth-order valence-corrected chi connectivity index (χ4v) is 3.15. The van der Waals surface area contributed by atoms with Crippen molar-refractivity contribution in [2.24, 2.45) is 0 Å². The van der Waals surface area contributed by atoms with E-state index in [1.54, 1.807) is 38.1 Å². The van der Waals surface area contributed by atoms with Crippen molar-refractivity contribution in [3.63, 3.8) is 0 Å². The zero-order valence-corrected chi connectivity index (χ0v) is 16.9. The molecule has 0 bridgehead atoms. The normalized spacial score (nSPS) is 11.1. The van der Waals surface area contributed by atoms with E-state index in [1.807, 2.05) is 65.6 Å². The van der Waals surface area contributed by atoms with Crippen LogP contribution >= 0.6 is 11.6 Å². The molecule has 0 aliphatic rings. The Morgan fingerprint density at radius 1 is 0.821 bits per heavy atom. The zero-order chi connectivity index (χ0) is 20.0. The minimum absolute atomic E-state index is 0.0739. The number of benzene rings is 3. The summed E-state index contributed by atoms with van der Waals surface area (Å²) >= 11 is 5.95. The van der Waals surface area contributed by atoms with Crippen LogP contribution in [0.5, 0.6) is 5.75 Å². The van der Waals surface area contributed by atoms with E-state index in [1.165, 1.54) is 0 Å². The number of ether oxygens (including phenoxy) is 1. The molecule has 3 rings (SSSR count). The van der Waals surface area contributed by atoms with Crippen LogP contribution in [0.15, 0.2) is 84.9 Å². The minimum Gasteiger partial charge on any atom is -0.478 e. The maximum absolute atomic E-state index is 13.4. The molecule has 0 N–H and O–H groups in total. The first-order valence-corrected chi connectivity index (χ1v) is 9.64. The van der Waals surface area contributed by atoms with E-state index in [0.29, 0.717) is 23.9 Å². The summed E-state index contributed by atoms with van der Waals surface area (Å²) in [6.45, 7) is 4.63. The van der Waals surface area contributed by atoms with E-state index in [9.17, 15) is 4.79 Å². The van der Waals surface area contributed by atoms with Crippen LogP contribution in [0.25, 0.3) is 0 Å². The number of hydrogen-bond donors (Lipinski definition) is 0. The molecule has 0 heterocycles. The molecule has 144 valence electrons. The van der Waals surface area contributed by atoms with Crippen molar-refractivity contribution in [2.75, 3.05) is 0 Å². The van der Waals surface area contributed by atoms with Gasteiger partial charge in [0, 0.05) is 18.1 Å². The molecular formula is C24H24ClNO2. The molecule has 0 saturated heterocycles. The summed E-state index contributed by atoms with van der Waals surface area (Å²) in [6, 6.07) is 27.0. The summed E-state index contributed by atoms with van der Waals surface area (Å²) in [5.41, 5.74) is 1.14.